The highest BCUT2D eigenvalue weighted by Crippen LogP contribution is 2.16. The van der Waals surface area contributed by atoms with Crippen LogP contribution in [0.2, 0.25) is 0 Å². The van der Waals surface area contributed by atoms with Crippen molar-refractivity contribution >= 4 is 0 Å². The van der Waals surface area contributed by atoms with Crippen molar-refractivity contribution in [3.63, 3.8) is 0 Å². The predicted octanol–water partition coefficient (Wildman–Crippen LogP) is 4.97. The van der Waals surface area contributed by atoms with Crippen LogP contribution in [-0.2, 0) is 6.54 Å². The molecule has 0 radical (unpaired) electrons. The largest absolute Gasteiger partial charge is 0.306 e. The molecule has 1 nitrogen and oxygen atoms in total. The molecule has 1 heteroatoms. The van der Waals surface area contributed by atoms with Gasteiger partial charge in [-0.05, 0) is 36.5 Å². The van der Waals surface area contributed by atoms with Gasteiger partial charge in [0.2, 0.25) is 0 Å². The molecule has 2 rings (SSSR count). The molecular formula is C19H25N. The van der Waals surface area contributed by atoms with E-state index >= 15 is 0 Å². The summed E-state index contributed by atoms with van der Waals surface area (Å²) < 4.78 is 0. The van der Waals surface area contributed by atoms with Gasteiger partial charge in [0.1, 0.15) is 0 Å². The quantitative estimate of drug-likeness (QED) is 0.806. The fourth-order valence-corrected chi connectivity index (χ4v) is 2.26. The molecule has 106 valence electrons. The molecule has 0 aliphatic carbocycles. The Balaban J connectivity index is 1.92. The fraction of sp³-hybridized carbons (Fsp3) is 0.368. The third-order valence-electron chi connectivity index (χ3n) is 3.84. The molecule has 2 aromatic rings. The maximum Gasteiger partial charge on any atom is 0.0294 e. The molecule has 0 bridgehead atoms. The minimum Gasteiger partial charge on any atom is -0.306 e. The number of nitrogens with one attached hydrogen (secondary N) is 1. The Morgan fingerprint density at radius 3 is 1.90 bits per heavy atom. The van der Waals surface area contributed by atoms with Crippen LogP contribution in [0.4, 0.5) is 0 Å². The Morgan fingerprint density at radius 2 is 1.35 bits per heavy atom. The molecule has 0 spiro atoms. The highest BCUT2D eigenvalue weighted by atomic mass is 14.9. The van der Waals surface area contributed by atoms with Crippen LogP contribution in [0.3, 0.4) is 0 Å². The van der Waals surface area contributed by atoms with Gasteiger partial charge in [0.25, 0.3) is 0 Å². The van der Waals surface area contributed by atoms with Crippen LogP contribution >= 0.6 is 0 Å². The number of aryl methyl sites for hydroxylation is 1. The summed E-state index contributed by atoms with van der Waals surface area (Å²) in [4.78, 5) is 0. The van der Waals surface area contributed by atoms with Gasteiger partial charge in [0, 0.05) is 12.6 Å². The van der Waals surface area contributed by atoms with Gasteiger partial charge in [0.15, 0.2) is 0 Å². The lowest BCUT2D eigenvalue weighted by atomic mass is 10.0. The molecule has 0 aromatic heterocycles. The van der Waals surface area contributed by atoms with Crippen LogP contribution in [0.1, 0.15) is 55.0 Å². The second-order valence-electron chi connectivity index (χ2n) is 5.91. The average Bonchev–Trinajstić information content (AvgIpc) is 2.46. The second-order valence-corrected chi connectivity index (χ2v) is 5.91. The molecule has 0 heterocycles. The third-order valence-corrected chi connectivity index (χ3v) is 3.84. The van der Waals surface area contributed by atoms with Crippen molar-refractivity contribution in [1.29, 1.82) is 0 Å². The number of hydrogen-bond donors (Lipinski definition) is 1. The topological polar surface area (TPSA) is 12.0 Å². The van der Waals surface area contributed by atoms with Crippen molar-refractivity contribution in [2.24, 2.45) is 0 Å². The number of rotatable bonds is 5. The zero-order valence-electron chi connectivity index (χ0n) is 13.0. The normalized spacial score (nSPS) is 12.7. The molecule has 1 unspecified atom stereocenters. The predicted molar refractivity (Wildman–Crippen MR) is 87.0 cm³/mol. The highest BCUT2D eigenvalue weighted by Gasteiger charge is 2.05. The Bertz CT molecular complexity index is 523. The minimum atomic E-state index is 0.375. The maximum absolute atomic E-state index is 3.58. The molecule has 0 saturated heterocycles. The van der Waals surface area contributed by atoms with E-state index in [4.69, 9.17) is 0 Å². The molecule has 0 fully saturated rings. The Kier molecular flexibility index (Phi) is 4.97. The summed E-state index contributed by atoms with van der Waals surface area (Å²) in [6.07, 6.45) is 0. The van der Waals surface area contributed by atoms with E-state index in [2.05, 4.69) is 81.5 Å². The van der Waals surface area contributed by atoms with E-state index < -0.39 is 0 Å². The maximum atomic E-state index is 3.58. The SMILES string of the molecule is Cc1ccc(C(C)NCc2ccc(C(C)C)cc2)cc1. The van der Waals surface area contributed by atoms with Crippen LogP contribution in [0.25, 0.3) is 0 Å². The van der Waals surface area contributed by atoms with E-state index in [1.165, 1.54) is 22.3 Å². The lowest BCUT2D eigenvalue weighted by molar-refractivity contribution is 0.574. The van der Waals surface area contributed by atoms with Gasteiger partial charge in [-0.2, -0.15) is 0 Å². The summed E-state index contributed by atoms with van der Waals surface area (Å²) in [7, 11) is 0. The molecule has 1 N–H and O–H groups in total. The zero-order valence-corrected chi connectivity index (χ0v) is 13.0. The molecule has 1 atom stereocenters. The molecule has 2 aromatic carbocycles. The molecule has 20 heavy (non-hydrogen) atoms. The Labute approximate surface area is 123 Å². The highest BCUT2D eigenvalue weighted by molar-refractivity contribution is 5.26. The molecular weight excluding hydrogens is 242 g/mol. The summed E-state index contributed by atoms with van der Waals surface area (Å²) in [5.41, 5.74) is 5.40. The van der Waals surface area contributed by atoms with Gasteiger partial charge < -0.3 is 5.32 Å². The first kappa shape index (κ1) is 14.8. The van der Waals surface area contributed by atoms with E-state index in [1.54, 1.807) is 0 Å². The number of benzene rings is 2. The summed E-state index contributed by atoms with van der Waals surface area (Å²) in [5, 5.41) is 3.58. The Hall–Kier alpha value is -1.60. The van der Waals surface area contributed by atoms with E-state index in [1.807, 2.05) is 0 Å². The van der Waals surface area contributed by atoms with Gasteiger partial charge >= 0.3 is 0 Å². The van der Waals surface area contributed by atoms with Gasteiger partial charge in [-0.25, -0.2) is 0 Å². The first-order valence-electron chi connectivity index (χ1n) is 7.45. The van der Waals surface area contributed by atoms with Crippen molar-refractivity contribution in [1.82, 2.24) is 5.32 Å². The van der Waals surface area contributed by atoms with Crippen molar-refractivity contribution < 1.29 is 0 Å². The second kappa shape index (κ2) is 6.71. The summed E-state index contributed by atoms with van der Waals surface area (Å²) in [5.74, 6) is 0.600. The van der Waals surface area contributed by atoms with Crippen LogP contribution in [0, 0.1) is 6.92 Å². The van der Waals surface area contributed by atoms with E-state index in [-0.39, 0.29) is 0 Å². The number of hydrogen-bond acceptors (Lipinski definition) is 1. The van der Waals surface area contributed by atoms with E-state index in [0.717, 1.165) is 6.54 Å². The first-order chi connectivity index (χ1) is 9.56. The summed E-state index contributed by atoms with van der Waals surface area (Å²) in [6.45, 7) is 9.71. The van der Waals surface area contributed by atoms with Crippen molar-refractivity contribution in [3.8, 4) is 0 Å². The molecule has 0 aliphatic heterocycles. The lowest BCUT2D eigenvalue weighted by Crippen LogP contribution is -2.18. The van der Waals surface area contributed by atoms with Crippen molar-refractivity contribution in [3.05, 3.63) is 70.8 Å². The van der Waals surface area contributed by atoms with Gasteiger partial charge in [-0.1, -0.05) is 67.9 Å². The summed E-state index contributed by atoms with van der Waals surface area (Å²) in [6, 6.07) is 18.0. The van der Waals surface area contributed by atoms with Gasteiger partial charge in [-0.15, -0.1) is 0 Å². The fourth-order valence-electron chi connectivity index (χ4n) is 2.26. The van der Waals surface area contributed by atoms with Crippen LogP contribution in [-0.4, -0.2) is 0 Å². The van der Waals surface area contributed by atoms with Crippen LogP contribution in [0.5, 0.6) is 0 Å². The summed E-state index contributed by atoms with van der Waals surface area (Å²) >= 11 is 0. The monoisotopic (exact) mass is 267 g/mol. The lowest BCUT2D eigenvalue weighted by Gasteiger charge is -2.15. The van der Waals surface area contributed by atoms with E-state index in [9.17, 15) is 0 Å². The third kappa shape index (κ3) is 3.94. The van der Waals surface area contributed by atoms with Gasteiger partial charge in [0.05, 0.1) is 0 Å². The molecule has 0 saturated carbocycles. The zero-order chi connectivity index (χ0) is 14.5. The smallest absolute Gasteiger partial charge is 0.0294 e. The first-order valence-corrected chi connectivity index (χ1v) is 7.45. The van der Waals surface area contributed by atoms with Crippen LogP contribution in [0.15, 0.2) is 48.5 Å². The minimum absolute atomic E-state index is 0.375. The van der Waals surface area contributed by atoms with Crippen LogP contribution < -0.4 is 5.32 Å². The molecule has 0 amide bonds. The van der Waals surface area contributed by atoms with E-state index in [0.29, 0.717) is 12.0 Å². The molecule has 0 aliphatic rings. The average molecular weight is 267 g/mol. The van der Waals surface area contributed by atoms with Crippen molar-refractivity contribution in [2.75, 3.05) is 0 Å². The Morgan fingerprint density at radius 1 is 0.800 bits per heavy atom. The van der Waals surface area contributed by atoms with Crippen molar-refractivity contribution in [2.45, 2.75) is 46.2 Å². The standard InChI is InChI=1S/C19H25N/c1-14(2)18-11-7-17(8-12-18)13-20-16(4)19-9-5-15(3)6-10-19/h5-12,14,16,20H,13H2,1-4H3. The van der Waals surface area contributed by atoms with Gasteiger partial charge in [-0.3, -0.25) is 0 Å².